The number of benzene rings is 7. The van der Waals surface area contributed by atoms with E-state index in [4.69, 9.17) is 4.98 Å². The topological polar surface area (TPSA) is 41.6 Å². The van der Waals surface area contributed by atoms with E-state index in [0.29, 0.717) is 5.56 Å². The van der Waals surface area contributed by atoms with E-state index in [9.17, 15) is 5.26 Å². The molecule has 0 N–H and O–H groups in total. The lowest BCUT2D eigenvalue weighted by molar-refractivity contribution is 1.11. The predicted octanol–water partition coefficient (Wildman–Crippen LogP) is 10.2. The van der Waals surface area contributed by atoms with Crippen molar-refractivity contribution in [3.05, 3.63) is 157 Å². The smallest absolute Gasteiger partial charge is 0.145 e. The molecule has 0 atom stereocenters. The molecule has 3 heteroatoms. The Morgan fingerprint density at radius 2 is 1.05 bits per heavy atom. The second-order valence-electron chi connectivity index (χ2n) is 10.8. The first kappa shape index (κ1) is 24.8. The van der Waals surface area contributed by atoms with Crippen molar-refractivity contribution in [1.82, 2.24) is 9.55 Å². The van der Waals surface area contributed by atoms with Gasteiger partial charge in [-0.15, -0.1) is 0 Å². The summed E-state index contributed by atoms with van der Waals surface area (Å²) in [7, 11) is 0. The number of imidazole rings is 1. The van der Waals surface area contributed by atoms with Crippen LogP contribution in [-0.4, -0.2) is 9.55 Å². The van der Waals surface area contributed by atoms with E-state index >= 15 is 0 Å². The minimum absolute atomic E-state index is 0.648. The van der Waals surface area contributed by atoms with Gasteiger partial charge in [-0.2, -0.15) is 5.26 Å². The molecule has 1 aromatic heterocycles. The maximum atomic E-state index is 9.46. The quantitative estimate of drug-likeness (QED) is 0.220. The fourth-order valence-electron chi connectivity index (χ4n) is 6.11. The zero-order chi connectivity index (χ0) is 28.8. The second-order valence-corrected chi connectivity index (χ2v) is 10.8. The lowest BCUT2D eigenvalue weighted by Gasteiger charge is -2.20. The van der Waals surface area contributed by atoms with Crippen LogP contribution in [0.25, 0.3) is 71.9 Å². The third-order valence-electron chi connectivity index (χ3n) is 8.20. The van der Waals surface area contributed by atoms with E-state index in [2.05, 4.69) is 138 Å². The summed E-state index contributed by atoms with van der Waals surface area (Å²) in [4.78, 5) is 5.16. The molecule has 43 heavy (non-hydrogen) atoms. The minimum Gasteiger partial charge on any atom is -0.292 e. The fraction of sp³-hybridized carbons (Fsp3) is 0. The molecule has 0 aliphatic heterocycles. The van der Waals surface area contributed by atoms with Crippen molar-refractivity contribution in [1.29, 1.82) is 5.26 Å². The summed E-state index contributed by atoms with van der Waals surface area (Å²) in [5, 5.41) is 14.1. The van der Waals surface area contributed by atoms with Gasteiger partial charge >= 0.3 is 0 Å². The Morgan fingerprint density at radius 3 is 1.72 bits per heavy atom. The molecule has 200 valence electrons. The van der Waals surface area contributed by atoms with Gasteiger partial charge in [-0.05, 0) is 86.8 Å². The molecule has 0 aliphatic rings. The van der Waals surface area contributed by atoms with Crippen LogP contribution in [0.15, 0.2) is 152 Å². The fourth-order valence-corrected chi connectivity index (χ4v) is 6.11. The highest BCUT2D eigenvalue weighted by Crippen LogP contribution is 2.42. The number of nitriles is 1. The monoisotopic (exact) mass is 547 g/mol. The molecule has 0 saturated carbocycles. The van der Waals surface area contributed by atoms with E-state index in [1.54, 1.807) is 0 Å². The number of rotatable bonds is 4. The standard InChI is InChI=1S/C40H25N3/c41-26-27-18-20-28(21-19-27)34-22-30-12-4-5-13-31(30)23-35(34)36-24-32-14-6-7-15-33(32)25-39(36)43-38-17-9-8-16-37(38)42-40(43)29-10-2-1-3-11-29/h1-25H. The average Bonchev–Trinajstić information content (AvgIpc) is 3.47. The number of fused-ring (bicyclic) bond motifs is 3. The predicted molar refractivity (Wildman–Crippen MR) is 177 cm³/mol. The second kappa shape index (κ2) is 10.1. The van der Waals surface area contributed by atoms with Gasteiger partial charge in [0, 0.05) is 11.1 Å². The van der Waals surface area contributed by atoms with E-state index in [1.165, 1.54) is 21.5 Å². The van der Waals surface area contributed by atoms with Gasteiger partial charge in [0.1, 0.15) is 5.82 Å². The Bertz CT molecular complexity index is 2340. The van der Waals surface area contributed by atoms with Gasteiger partial charge in [0.05, 0.1) is 28.4 Å². The highest BCUT2D eigenvalue weighted by Gasteiger charge is 2.20. The Balaban J connectivity index is 1.51. The third kappa shape index (κ3) is 4.25. The molecule has 0 amide bonds. The molecule has 0 fully saturated rings. The molecule has 0 spiro atoms. The van der Waals surface area contributed by atoms with Crippen LogP contribution in [0.4, 0.5) is 0 Å². The number of aromatic nitrogens is 2. The number of para-hydroxylation sites is 2. The summed E-state index contributed by atoms with van der Waals surface area (Å²) in [5.41, 5.74) is 9.20. The van der Waals surface area contributed by atoms with E-state index < -0.39 is 0 Å². The van der Waals surface area contributed by atoms with Gasteiger partial charge in [0.25, 0.3) is 0 Å². The molecule has 0 unspecified atom stereocenters. The molecule has 8 rings (SSSR count). The van der Waals surface area contributed by atoms with Crippen LogP contribution in [0.1, 0.15) is 5.56 Å². The first-order valence-electron chi connectivity index (χ1n) is 14.4. The van der Waals surface area contributed by atoms with Crippen molar-refractivity contribution >= 4 is 32.6 Å². The average molecular weight is 548 g/mol. The maximum Gasteiger partial charge on any atom is 0.145 e. The van der Waals surface area contributed by atoms with Crippen molar-refractivity contribution in [2.24, 2.45) is 0 Å². The van der Waals surface area contributed by atoms with Crippen molar-refractivity contribution in [3.8, 4) is 45.4 Å². The maximum absolute atomic E-state index is 9.46. The lowest BCUT2D eigenvalue weighted by atomic mass is 9.89. The molecule has 1 heterocycles. The number of hydrogen-bond acceptors (Lipinski definition) is 2. The van der Waals surface area contributed by atoms with Crippen LogP contribution in [0.2, 0.25) is 0 Å². The summed E-state index contributed by atoms with van der Waals surface area (Å²) in [5.74, 6) is 0.902. The summed E-state index contributed by atoms with van der Waals surface area (Å²) in [6.45, 7) is 0. The van der Waals surface area contributed by atoms with Crippen LogP contribution >= 0.6 is 0 Å². The van der Waals surface area contributed by atoms with Crippen molar-refractivity contribution in [2.75, 3.05) is 0 Å². The summed E-state index contributed by atoms with van der Waals surface area (Å²) in [6.07, 6.45) is 0. The Kier molecular flexibility index (Phi) is 5.84. The normalized spacial score (nSPS) is 11.2. The van der Waals surface area contributed by atoms with E-state index in [-0.39, 0.29) is 0 Å². The largest absolute Gasteiger partial charge is 0.292 e. The highest BCUT2D eigenvalue weighted by molar-refractivity contribution is 6.02. The third-order valence-corrected chi connectivity index (χ3v) is 8.20. The first-order chi connectivity index (χ1) is 21.3. The number of nitrogens with zero attached hydrogens (tertiary/aromatic N) is 3. The van der Waals surface area contributed by atoms with Crippen LogP contribution in [0, 0.1) is 11.3 Å². The van der Waals surface area contributed by atoms with Gasteiger partial charge in [0.15, 0.2) is 0 Å². The summed E-state index contributed by atoms with van der Waals surface area (Å²) in [6, 6.07) is 55.1. The van der Waals surface area contributed by atoms with Gasteiger partial charge in [-0.1, -0.05) is 103 Å². The minimum atomic E-state index is 0.648. The molecule has 7 aromatic carbocycles. The molecule has 3 nitrogen and oxygen atoms in total. The SMILES string of the molecule is N#Cc1ccc(-c2cc3ccccc3cc2-c2cc3ccccc3cc2-n2c(-c3ccccc3)nc3ccccc32)cc1. The lowest BCUT2D eigenvalue weighted by Crippen LogP contribution is -2.01. The first-order valence-corrected chi connectivity index (χ1v) is 14.4. The van der Waals surface area contributed by atoms with Gasteiger partial charge in [0.2, 0.25) is 0 Å². The Morgan fingerprint density at radius 1 is 0.488 bits per heavy atom. The van der Waals surface area contributed by atoms with Crippen molar-refractivity contribution < 1.29 is 0 Å². The van der Waals surface area contributed by atoms with Crippen LogP contribution in [0.5, 0.6) is 0 Å². The molecular weight excluding hydrogens is 522 g/mol. The van der Waals surface area contributed by atoms with Crippen LogP contribution in [-0.2, 0) is 0 Å². The van der Waals surface area contributed by atoms with Crippen LogP contribution in [0.3, 0.4) is 0 Å². The molecule has 0 aliphatic carbocycles. The van der Waals surface area contributed by atoms with Gasteiger partial charge < -0.3 is 0 Å². The van der Waals surface area contributed by atoms with E-state index in [0.717, 1.165) is 50.4 Å². The van der Waals surface area contributed by atoms with Crippen LogP contribution < -0.4 is 0 Å². The Labute approximate surface area is 249 Å². The summed E-state index contributed by atoms with van der Waals surface area (Å²) >= 11 is 0. The van der Waals surface area contributed by atoms with Gasteiger partial charge in [-0.3, -0.25) is 4.57 Å². The number of hydrogen-bond donors (Lipinski definition) is 0. The molecule has 0 radical (unpaired) electrons. The van der Waals surface area contributed by atoms with Crippen molar-refractivity contribution in [3.63, 3.8) is 0 Å². The highest BCUT2D eigenvalue weighted by atomic mass is 15.1. The molecule has 0 saturated heterocycles. The Hall–Kier alpha value is -5.98. The molecule has 0 bridgehead atoms. The van der Waals surface area contributed by atoms with E-state index in [1.807, 2.05) is 24.3 Å². The molecular formula is C40H25N3. The molecule has 8 aromatic rings. The zero-order valence-corrected chi connectivity index (χ0v) is 23.3. The summed E-state index contributed by atoms with van der Waals surface area (Å²) < 4.78 is 2.31. The van der Waals surface area contributed by atoms with Gasteiger partial charge in [-0.25, -0.2) is 4.98 Å². The van der Waals surface area contributed by atoms with Crippen molar-refractivity contribution in [2.45, 2.75) is 0 Å². The zero-order valence-electron chi connectivity index (χ0n) is 23.3.